The van der Waals surface area contributed by atoms with E-state index in [0.717, 1.165) is 11.1 Å². The number of nitrogens with one attached hydrogen (secondary N) is 1. The van der Waals surface area contributed by atoms with E-state index in [0.29, 0.717) is 35.8 Å². The molecule has 2 aromatic carbocycles. The van der Waals surface area contributed by atoms with Crippen LogP contribution in [0.5, 0.6) is 11.5 Å². The van der Waals surface area contributed by atoms with Crippen molar-refractivity contribution in [3.8, 4) is 11.5 Å². The van der Waals surface area contributed by atoms with Gasteiger partial charge >= 0.3 is 0 Å². The highest BCUT2D eigenvalue weighted by Gasteiger charge is 2.32. The van der Waals surface area contributed by atoms with E-state index < -0.39 is 6.10 Å². The van der Waals surface area contributed by atoms with Gasteiger partial charge in [-0.05, 0) is 35.7 Å². The molecule has 0 spiro atoms. The van der Waals surface area contributed by atoms with E-state index in [1.807, 2.05) is 18.2 Å². The van der Waals surface area contributed by atoms with Crippen LogP contribution in [0, 0.1) is 0 Å². The molecule has 0 saturated carbocycles. The summed E-state index contributed by atoms with van der Waals surface area (Å²) in [5.41, 5.74) is 3.95. The minimum absolute atomic E-state index is 0.0278. The van der Waals surface area contributed by atoms with Gasteiger partial charge in [0.05, 0.1) is 6.10 Å². The van der Waals surface area contributed by atoms with Gasteiger partial charge in [0, 0.05) is 37.7 Å². The summed E-state index contributed by atoms with van der Waals surface area (Å²) < 4.78 is 11.9. The van der Waals surface area contributed by atoms with Gasteiger partial charge in [-0.1, -0.05) is 24.3 Å². The van der Waals surface area contributed by atoms with Gasteiger partial charge in [-0.3, -0.25) is 9.78 Å². The molecule has 7 heteroatoms. The largest absolute Gasteiger partial charge is 0.457 e. The lowest BCUT2D eigenvalue weighted by Crippen LogP contribution is -2.18. The summed E-state index contributed by atoms with van der Waals surface area (Å²) >= 11 is 0. The predicted octanol–water partition coefficient (Wildman–Crippen LogP) is 3.62. The van der Waals surface area contributed by atoms with E-state index in [1.54, 1.807) is 31.3 Å². The summed E-state index contributed by atoms with van der Waals surface area (Å²) in [5.74, 6) is 1.34. The smallest absolute Gasteiger partial charge is 0.269 e. The fraction of sp³-hybridized carbons (Fsp3) is 0.208. The van der Waals surface area contributed by atoms with E-state index >= 15 is 0 Å². The highest BCUT2D eigenvalue weighted by Crippen LogP contribution is 2.36. The molecular formula is C24H21N3O4. The Morgan fingerprint density at radius 3 is 2.90 bits per heavy atom. The number of amides is 1. The lowest BCUT2D eigenvalue weighted by Gasteiger charge is -2.13. The number of hydrogen-bond acceptors (Lipinski definition) is 6. The third-order valence-electron chi connectivity index (χ3n) is 5.57. The standard InChI is InChI=1S/C24H21N3O4/c1-25-24(29)20-11-16(8-9-26-20)30-15-6-7-19-22(12-15)31-23(27-19)13-18-17-5-3-2-4-14(17)10-21(18)28/h2-9,11-12,18,21,28H,10,13H2,1H3,(H,25,29)/t18-,21+/m1/s1. The van der Waals surface area contributed by atoms with Gasteiger partial charge in [-0.25, -0.2) is 4.98 Å². The van der Waals surface area contributed by atoms with Gasteiger partial charge < -0.3 is 19.6 Å². The molecule has 5 rings (SSSR count). The van der Waals surface area contributed by atoms with Crippen molar-refractivity contribution in [3.05, 3.63) is 83.5 Å². The Kier molecular flexibility index (Phi) is 4.88. The third-order valence-corrected chi connectivity index (χ3v) is 5.57. The van der Waals surface area contributed by atoms with Gasteiger partial charge in [0.15, 0.2) is 11.5 Å². The number of carbonyl (C=O) groups excluding carboxylic acids is 1. The Labute approximate surface area is 178 Å². The number of aliphatic hydroxyl groups is 1. The highest BCUT2D eigenvalue weighted by atomic mass is 16.5. The fourth-order valence-corrected chi connectivity index (χ4v) is 4.06. The van der Waals surface area contributed by atoms with E-state index in [4.69, 9.17) is 9.15 Å². The second-order valence-corrected chi connectivity index (χ2v) is 7.58. The van der Waals surface area contributed by atoms with Crippen LogP contribution in [0.25, 0.3) is 11.1 Å². The van der Waals surface area contributed by atoms with E-state index in [-0.39, 0.29) is 17.5 Å². The molecule has 7 nitrogen and oxygen atoms in total. The molecule has 0 radical (unpaired) electrons. The normalized spacial score (nSPS) is 17.5. The molecule has 0 fully saturated rings. The number of nitrogens with zero attached hydrogens (tertiary/aromatic N) is 2. The molecule has 156 valence electrons. The topological polar surface area (TPSA) is 97.5 Å². The molecule has 0 bridgehead atoms. The molecule has 1 aliphatic carbocycles. The summed E-state index contributed by atoms with van der Waals surface area (Å²) in [7, 11) is 1.55. The molecule has 1 amide bonds. The third kappa shape index (κ3) is 3.75. The van der Waals surface area contributed by atoms with Crippen molar-refractivity contribution in [2.45, 2.75) is 24.9 Å². The maximum Gasteiger partial charge on any atom is 0.269 e. The van der Waals surface area contributed by atoms with Crippen molar-refractivity contribution < 1.29 is 19.1 Å². The number of rotatable bonds is 5. The maximum absolute atomic E-state index is 11.8. The van der Waals surface area contributed by atoms with Crippen molar-refractivity contribution >= 4 is 17.0 Å². The van der Waals surface area contributed by atoms with Gasteiger partial charge in [-0.15, -0.1) is 0 Å². The number of benzene rings is 2. The average Bonchev–Trinajstić information content (AvgIpc) is 3.33. The molecule has 2 N–H and O–H groups in total. The van der Waals surface area contributed by atoms with Crippen LogP contribution in [0.3, 0.4) is 0 Å². The molecule has 1 aliphatic rings. The van der Waals surface area contributed by atoms with Crippen LogP contribution in [-0.4, -0.2) is 34.1 Å². The number of oxazole rings is 1. The van der Waals surface area contributed by atoms with Gasteiger partial charge in [-0.2, -0.15) is 0 Å². The van der Waals surface area contributed by atoms with Gasteiger partial charge in [0.25, 0.3) is 5.91 Å². The van der Waals surface area contributed by atoms with Crippen molar-refractivity contribution in [2.24, 2.45) is 0 Å². The van der Waals surface area contributed by atoms with Crippen LogP contribution in [0.2, 0.25) is 0 Å². The van der Waals surface area contributed by atoms with Crippen LogP contribution in [-0.2, 0) is 12.8 Å². The molecule has 31 heavy (non-hydrogen) atoms. The van der Waals surface area contributed by atoms with Crippen molar-refractivity contribution in [2.75, 3.05) is 7.05 Å². The Balaban J connectivity index is 1.37. The second kappa shape index (κ2) is 7.85. The van der Waals surface area contributed by atoms with E-state index in [2.05, 4.69) is 27.4 Å². The Morgan fingerprint density at radius 2 is 2.03 bits per heavy atom. The van der Waals surface area contributed by atoms with Crippen LogP contribution < -0.4 is 10.1 Å². The van der Waals surface area contributed by atoms with Gasteiger partial charge in [0.1, 0.15) is 22.7 Å². The number of ether oxygens (including phenoxy) is 1. The quantitative estimate of drug-likeness (QED) is 0.517. The molecule has 2 heterocycles. The van der Waals surface area contributed by atoms with Crippen LogP contribution in [0.4, 0.5) is 0 Å². The highest BCUT2D eigenvalue weighted by molar-refractivity contribution is 5.92. The first-order valence-corrected chi connectivity index (χ1v) is 10.1. The predicted molar refractivity (Wildman–Crippen MR) is 114 cm³/mol. The zero-order chi connectivity index (χ0) is 21.4. The molecule has 0 unspecified atom stereocenters. The Hall–Kier alpha value is -3.71. The summed E-state index contributed by atoms with van der Waals surface area (Å²) in [5, 5.41) is 13.1. The summed E-state index contributed by atoms with van der Waals surface area (Å²) in [6, 6.07) is 16.8. The average molecular weight is 415 g/mol. The SMILES string of the molecule is CNC(=O)c1cc(Oc2ccc3nc(C[C@@H]4c5ccccc5C[C@@H]4O)oc3c2)ccn1. The second-order valence-electron chi connectivity index (χ2n) is 7.58. The molecule has 2 atom stereocenters. The number of carbonyl (C=O) groups is 1. The summed E-state index contributed by atoms with van der Waals surface area (Å²) in [6.07, 6.45) is 2.27. The zero-order valence-electron chi connectivity index (χ0n) is 16.9. The number of aliphatic hydroxyl groups excluding tert-OH is 1. The molecule has 0 saturated heterocycles. The first-order valence-electron chi connectivity index (χ1n) is 10.1. The Bertz CT molecular complexity index is 1270. The first kappa shape index (κ1) is 19.3. The van der Waals surface area contributed by atoms with Crippen molar-refractivity contribution in [1.29, 1.82) is 0 Å². The minimum atomic E-state index is -0.437. The maximum atomic E-state index is 11.8. The monoisotopic (exact) mass is 415 g/mol. The Morgan fingerprint density at radius 1 is 1.19 bits per heavy atom. The molecular weight excluding hydrogens is 394 g/mol. The number of fused-ring (bicyclic) bond motifs is 2. The van der Waals surface area contributed by atoms with Crippen molar-refractivity contribution in [3.63, 3.8) is 0 Å². The van der Waals surface area contributed by atoms with E-state index in [1.165, 1.54) is 11.8 Å². The zero-order valence-corrected chi connectivity index (χ0v) is 16.9. The fourth-order valence-electron chi connectivity index (χ4n) is 4.06. The van der Waals surface area contributed by atoms with E-state index in [9.17, 15) is 9.90 Å². The molecule has 2 aromatic heterocycles. The number of hydrogen-bond donors (Lipinski definition) is 2. The summed E-state index contributed by atoms with van der Waals surface area (Å²) in [6.45, 7) is 0. The first-order chi connectivity index (χ1) is 15.1. The molecule has 0 aliphatic heterocycles. The summed E-state index contributed by atoms with van der Waals surface area (Å²) in [4.78, 5) is 20.4. The lowest BCUT2D eigenvalue weighted by atomic mass is 9.96. The van der Waals surface area contributed by atoms with Crippen LogP contribution >= 0.6 is 0 Å². The van der Waals surface area contributed by atoms with Crippen molar-refractivity contribution in [1.82, 2.24) is 15.3 Å². The minimum Gasteiger partial charge on any atom is -0.457 e. The molecule has 4 aromatic rings. The number of aromatic nitrogens is 2. The van der Waals surface area contributed by atoms with Crippen LogP contribution in [0.15, 0.2) is 65.2 Å². The lowest BCUT2D eigenvalue weighted by molar-refractivity contribution is 0.0958. The van der Waals surface area contributed by atoms with Crippen LogP contribution in [0.1, 0.15) is 33.4 Å². The number of pyridine rings is 1. The van der Waals surface area contributed by atoms with Gasteiger partial charge in [0.2, 0.25) is 0 Å².